The van der Waals surface area contributed by atoms with Gasteiger partial charge in [0, 0.05) is 38.7 Å². The van der Waals surface area contributed by atoms with E-state index in [4.69, 9.17) is 4.74 Å². The van der Waals surface area contributed by atoms with Crippen molar-refractivity contribution < 1.29 is 13.2 Å². The van der Waals surface area contributed by atoms with Crippen molar-refractivity contribution in [3.63, 3.8) is 0 Å². The van der Waals surface area contributed by atoms with Gasteiger partial charge in [-0.15, -0.1) is 0 Å². The highest BCUT2D eigenvalue weighted by Gasteiger charge is 2.34. The second-order valence-corrected chi connectivity index (χ2v) is 10.0. The first-order valence-electron chi connectivity index (χ1n) is 9.38. The van der Waals surface area contributed by atoms with E-state index >= 15 is 0 Å². The zero-order valence-electron chi connectivity index (χ0n) is 16.5. The molecule has 0 radical (unpaired) electrons. The summed E-state index contributed by atoms with van der Waals surface area (Å²) in [5.74, 6) is 1.92. The van der Waals surface area contributed by atoms with Crippen LogP contribution in [0.5, 0.6) is 5.75 Å². The minimum Gasteiger partial charge on any atom is -0.487 e. The number of benzene rings is 1. The maximum atomic E-state index is 11.7. The molecule has 0 aromatic heterocycles. The van der Waals surface area contributed by atoms with Crippen LogP contribution in [0.1, 0.15) is 38.3 Å². The fraction of sp³-hybridized carbons (Fsp3) is 0.632. The Hall–Kier alpha value is -1.80. The number of nitrogens with one attached hydrogen (secondary N) is 2. The number of aliphatic imine (C=N–C) groups is 1. The number of fused-ring (bicyclic) bond motifs is 1. The normalized spacial score (nSPS) is 25.6. The number of nitrogens with zero attached hydrogens (tertiary/aromatic N) is 2. The summed E-state index contributed by atoms with van der Waals surface area (Å²) in [7, 11) is -1.35. The molecule has 1 aromatic carbocycles. The molecule has 8 heteroatoms. The van der Waals surface area contributed by atoms with Gasteiger partial charge in [-0.25, -0.2) is 12.7 Å². The van der Waals surface area contributed by atoms with Gasteiger partial charge in [0.25, 0.3) is 0 Å². The maximum Gasteiger partial charge on any atom is 0.211 e. The SMILES string of the molecule is CN=C(NCC1CCN(S(C)(=O)=O)C1)NC1CC(C)(C)Oc2ccccc21. The fourth-order valence-electron chi connectivity index (χ4n) is 3.80. The van der Waals surface area contributed by atoms with E-state index in [1.54, 1.807) is 11.4 Å². The number of rotatable bonds is 4. The van der Waals surface area contributed by atoms with Crippen molar-refractivity contribution in [2.45, 2.75) is 38.3 Å². The number of para-hydroxylation sites is 1. The highest BCUT2D eigenvalue weighted by molar-refractivity contribution is 7.88. The molecule has 1 saturated heterocycles. The molecular formula is C19H30N4O3S. The Morgan fingerprint density at radius 3 is 2.78 bits per heavy atom. The van der Waals surface area contributed by atoms with Gasteiger partial charge in [0.2, 0.25) is 10.0 Å². The third-order valence-electron chi connectivity index (χ3n) is 5.19. The van der Waals surface area contributed by atoms with Gasteiger partial charge in [-0.2, -0.15) is 0 Å². The van der Waals surface area contributed by atoms with E-state index in [2.05, 4.69) is 35.5 Å². The summed E-state index contributed by atoms with van der Waals surface area (Å²) in [6.07, 6.45) is 2.97. The molecule has 2 unspecified atom stereocenters. The monoisotopic (exact) mass is 394 g/mol. The van der Waals surface area contributed by atoms with E-state index in [1.165, 1.54) is 6.26 Å². The van der Waals surface area contributed by atoms with Gasteiger partial charge in [0.05, 0.1) is 12.3 Å². The Bertz CT molecular complexity index is 807. The minimum absolute atomic E-state index is 0.104. The van der Waals surface area contributed by atoms with Crippen LogP contribution in [0.4, 0.5) is 0 Å². The maximum absolute atomic E-state index is 11.7. The summed E-state index contributed by atoms with van der Waals surface area (Å²) in [5.41, 5.74) is 0.871. The quantitative estimate of drug-likeness (QED) is 0.600. The van der Waals surface area contributed by atoms with Crippen molar-refractivity contribution in [2.24, 2.45) is 10.9 Å². The zero-order chi connectivity index (χ0) is 19.7. The second-order valence-electron chi connectivity index (χ2n) is 8.03. The first-order chi connectivity index (χ1) is 12.7. The molecule has 1 aromatic rings. The van der Waals surface area contributed by atoms with E-state index < -0.39 is 10.0 Å². The molecule has 7 nitrogen and oxygen atoms in total. The van der Waals surface area contributed by atoms with Gasteiger partial charge in [-0.05, 0) is 32.3 Å². The Balaban J connectivity index is 1.61. The van der Waals surface area contributed by atoms with Gasteiger partial charge in [0.15, 0.2) is 5.96 Å². The summed E-state index contributed by atoms with van der Waals surface area (Å²) in [6.45, 7) is 6.03. The number of ether oxygens (including phenoxy) is 1. The smallest absolute Gasteiger partial charge is 0.211 e. The third kappa shape index (κ3) is 4.93. The molecule has 2 aliphatic rings. The van der Waals surface area contributed by atoms with Crippen LogP contribution in [0.25, 0.3) is 0 Å². The summed E-state index contributed by atoms with van der Waals surface area (Å²) < 4.78 is 31.0. The molecule has 0 bridgehead atoms. The highest BCUT2D eigenvalue weighted by atomic mass is 32.2. The van der Waals surface area contributed by atoms with Gasteiger partial charge >= 0.3 is 0 Å². The van der Waals surface area contributed by atoms with Crippen LogP contribution in [0.2, 0.25) is 0 Å². The van der Waals surface area contributed by atoms with Crippen LogP contribution in [0.3, 0.4) is 0 Å². The first-order valence-corrected chi connectivity index (χ1v) is 11.2. The number of guanidine groups is 1. The average Bonchev–Trinajstić information content (AvgIpc) is 3.06. The molecule has 27 heavy (non-hydrogen) atoms. The Labute approximate surface area is 162 Å². The van der Waals surface area contributed by atoms with Crippen molar-refractivity contribution >= 4 is 16.0 Å². The average molecular weight is 395 g/mol. The standard InChI is InChI=1S/C19H30N4O3S/c1-19(2)11-16(15-7-5-6-8-17(15)26-19)22-18(20-3)21-12-14-9-10-23(13-14)27(4,24)25/h5-8,14,16H,9-13H2,1-4H3,(H2,20,21,22). The molecule has 0 amide bonds. The lowest BCUT2D eigenvalue weighted by Gasteiger charge is -2.38. The summed E-state index contributed by atoms with van der Waals surface area (Å²) >= 11 is 0. The van der Waals surface area contributed by atoms with Gasteiger partial charge in [-0.3, -0.25) is 4.99 Å². The van der Waals surface area contributed by atoms with E-state index in [0.29, 0.717) is 19.6 Å². The van der Waals surface area contributed by atoms with Crippen LogP contribution in [0, 0.1) is 5.92 Å². The second kappa shape index (κ2) is 7.67. The molecule has 1 fully saturated rings. The lowest BCUT2D eigenvalue weighted by Crippen LogP contribution is -2.46. The highest BCUT2D eigenvalue weighted by Crippen LogP contribution is 2.39. The fourth-order valence-corrected chi connectivity index (χ4v) is 4.72. The molecule has 2 heterocycles. The Morgan fingerprint density at radius 1 is 1.37 bits per heavy atom. The van der Waals surface area contributed by atoms with Gasteiger partial charge in [0.1, 0.15) is 11.4 Å². The molecule has 3 rings (SSSR count). The number of hydrogen-bond acceptors (Lipinski definition) is 4. The van der Waals surface area contributed by atoms with Gasteiger partial charge < -0.3 is 15.4 Å². The van der Waals surface area contributed by atoms with E-state index in [9.17, 15) is 8.42 Å². The van der Waals surface area contributed by atoms with Gasteiger partial charge in [-0.1, -0.05) is 18.2 Å². The molecular weight excluding hydrogens is 364 g/mol. The van der Waals surface area contributed by atoms with Crippen molar-refractivity contribution in [2.75, 3.05) is 32.9 Å². The third-order valence-corrected chi connectivity index (χ3v) is 6.46. The Morgan fingerprint density at radius 2 is 2.11 bits per heavy atom. The molecule has 0 aliphatic carbocycles. The van der Waals surface area contributed by atoms with Crippen LogP contribution in [-0.2, 0) is 10.0 Å². The topological polar surface area (TPSA) is 83.0 Å². The van der Waals surface area contributed by atoms with Crippen molar-refractivity contribution in [3.8, 4) is 5.75 Å². The van der Waals surface area contributed by atoms with Crippen molar-refractivity contribution in [3.05, 3.63) is 29.8 Å². The van der Waals surface area contributed by atoms with Crippen LogP contribution >= 0.6 is 0 Å². The summed E-state index contributed by atoms with van der Waals surface area (Å²) in [4.78, 5) is 4.35. The first kappa shape index (κ1) is 19.9. The molecule has 150 valence electrons. The lowest BCUT2D eigenvalue weighted by atomic mass is 9.90. The van der Waals surface area contributed by atoms with Crippen LogP contribution in [-0.4, -0.2) is 57.2 Å². The van der Waals surface area contributed by atoms with Crippen LogP contribution in [0.15, 0.2) is 29.3 Å². The number of sulfonamides is 1. The van der Waals surface area contributed by atoms with E-state index in [-0.39, 0.29) is 17.6 Å². The number of hydrogen-bond donors (Lipinski definition) is 2. The van der Waals surface area contributed by atoms with Crippen molar-refractivity contribution in [1.82, 2.24) is 14.9 Å². The van der Waals surface area contributed by atoms with E-state index in [1.807, 2.05) is 18.2 Å². The largest absolute Gasteiger partial charge is 0.487 e. The molecule has 2 aliphatic heterocycles. The predicted molar refractivity (Wildman–Crippen MR) is 108 cm³/mol. The predicted octanol–water partition coefficient (Wildman–Crippen LogP) is 1.74. The van der Waals surface area contributed by atoms with Crippen LogP contribution < -0.4 is 15.4 Å². The molecule has 2 atom stereocenters. The summed E-state index contributed by atoms with van der Waals surface area (Å²) in [5, 5.41) is 6.88. The summed E-state index contributed by atoms with van der Waals surface area (Å²) in [6, 6.07) is 8.18. The van der Waals surface area contributed by atoms with Crippen molar-refractivity contribution in [1.29, 1.82) is 0 Å². The minimum atomic E-state index is -3.10. The molecule has 0 spiro atoms. The molecule has 0 saturated carbocycles. The van der Waals surface area contributed by atoms with E-state index in [0.717, 1.165) is 30.1 Å². The zero-order valence-corrected chi connectivity index (χ0v) is 17.3. The lowest BCUT2D eigenvalue weighted by molar-refractivity contribution is 0.0694. The molecule has 2 N–H and O–H groups in total. The Kier molecular flexibility index (Phi) is 5.67.